The molecule has 0 aromatic heterocycles. The van der Waals surface area contributed by atoms with Gasteiger partial charge in [0.05, 0.1) is 0 Å². The largest absolute Gasteiger partial charge is 0.459 e. The lowest BCUT2D eigenvalue weighted by Crippen LogP contribution is -2.40. The molecule has 1 radical (unpaired) electrons. The van der Waals surface area contributed by atoms with Crippen LogP contribution in [0.5, 0.6) is 0 Å². The van der Waals surface area contributed by atoms with Crippen molar-refractivity contribution in [1.82, 2.24) is 0 Å². The van der Waals surface area contributed by atoms with E-state index < -0.39 is 12.1 Å². The van der Waals surface area contributed by atoms with E-state index in [2.05, 4.69) is 20.8 Å². The minimum absolute atomic E-state index is 0.0352. The zero-order valence-electron chi connectivity index (χ0n) is 13.6. The van der Waals surface area contributed by atoms with Crippen molar-refractivity contribution in [2.24, 2.45) is 16.7 Å². The average Bonchev–Trinajstić information content (AvgIpc) is 2.76. The van der Waals surface area contributed by atoms with Crippen molar-refractivity contribution in [2.45, 2.75) is 78.4 Å². The first-order valence-electron chi connectivity index (χ1n) is 8.10. The summed E-state index contributed by atoms with van der Waals surface area (Å²) in [6, 6.07) is 0. The molecule has 119 valence electrons. The molecule has 0 spiro atoms. The van der Waals surface area contributed by atoms with Crippen LogP contribution in [0.4, 0.5) is 0 Å². The lowest BCUT2D eigenvalue weighted by atomic mass is 9.70. The molecule has 0 aromatic carbocycles. The average molecular weight is 295 g/mol. The van der Waals surface area contributed by atoms with E-state index in [1.165, 1.54) is 12.9 Å². The Morgan fingerprint density at radius 3 is 2.57 bits per heavy atom. The molecule has 2 aliphatic carbocycles. The number of rotatable bonds is 7. The highest BCUT2D eigenvalue weighted by Crippen LogP contribution is 2.66. The fourth-order valence-electron chi connectivity index (χ4n) is 4.20. The van der Waals surface area contributed by atoms with E-state index in [1.54, 1.807) is 0 Å². The van der Waals surface area contributed by atoms with Gasteiger partial charge in [-0.3, -0.25) is 0 Å². The normalized spacial score (nSPS) is 34.5. The topological polar surface area (TPSA) is 52.6 Å². The smallest absolute Gasteiger partial charge is 0.418 e. The molecule has 2 saturated carbocycles. The number of carbonyl (C=O) groups excluding carboxylic acids is 2. The van der Waals surface area contributed by atoms with Crippen molar-refractivity contribution >= 4 is 12.4 Å². The predicted octanol–water partition coefficient (Wildman–Crippen LogP) is 3.39. The molecule has 21 heavy (non-hydrogen) atoms. The number of hydrogen-bond acceptors (Lipinski definition) is 4. The Labute approximate surface area is 127 Å². The molecule has 0 aromatic rings. The van der Waals surface area contributed by atoms with Crippen molar-refractivity contribution < 1.29 is 19.1 Å². The van der Waals surface area contributed by atoms with Crippen LogP contribution in [-0.2, 0) is 19.1 Å². The van der Waals surface area contributed by atoms with Crippen LogP contribution in [0.25, 0.3) is 0 Å². The molecule has 0 aliphatic heterocycles. The summed E-state index contributed by atoms with van der Waals surface area (Å²) in [5.41, 5.74) is 0.238. The van der Waals surface area contributed by atoms with Crippen molar-refractivity contribution in [3.05, 3.63) is 0 Å². The van der Waals surface area contributed by atoms with Gasteiger partial charge in [0.2, 0.25) is 0 Å². The minimum atomic E-state index is -0.798. The summed E-state index contributed by atoms with van der Waals surface area (Å²) >= 11 is 0. The molecule has 4 heteroatoms. The van der Waals surface area contributed by atoms with Gasteiger partial charge in [0, 0.05) is 5.41 Å². The molecule has 2 rings (SSSR count). The van der Waals surface area contributed by atoms with E-state index in [9.17, 15) is 9.59 Å². The highest BCUT2D eigenvalue weighted by atomic mass is 16.6. The predicted molar refractivity (Wildman–Crippen MR) is 79.2 cm³/mol. The van der Waals surface area contributed by atoms with Crippen molar-refractivity contribution in [3.8, 4) is 0 Å². The highest BCUT2D eigenvalue weighted by Gasteiger charge is 2.63. The summed E-state index contributed by atoms with van der Waals surface area (Å²) < 4.78 is 10.6. The van der Waals surface area contributed by atoms with Crippen LogP contribution in [0, 0.1) is 16.7 Å². The molecule has 0 heterocycles. The Morgan fingerprint density at radius 2 is 2.10 bits per heavy atom. The van der Waals surface area contributed by atoms with E-state index in [4.69, 9.17) is 9.47 Å². The maximum atomic E-state index is 12.3. The number of fused-ring (bicyclic) bond motifs is 2. The second-order valence-corrected chi connectivity index (χ2v) is 7.37. The zero-order chi connectivity index (χ0) is 15.7. The summed E-state index contributed by atoms with van der Waals surface area (Å²) in [6.07, 6.45) is 4.69. The summed E-state index contributed by atoms with van der Waals surface area (Å²) in [6.45, 7) is 10.2. The first-order valence-corrected chi connectivity index (χ1v) is 8.10. The summed E-state index contributed by atoms with van der Waals surface area (Å²) in [5.74, 6) is 0.217. The third-order valence-electron chi connectivity index (χ3n) is 6.25. The van der Waals surface area contributed by atoms with Crippen LogP contribution in [0.2, 0.25) is 0 Å². The quantitative estimate of drug-likeness (QED) is 0.676. The highest BCUT2D eigenvalue weighted by molar-refractivity contribution is 5.76. The lowest BCUT2D eigenvalue weighted by Gasteiger charge is -2.38. The Hall–Kier alpha value is -1.06. The van der Waals surface area contributed by atoms with E-state index in [0.29, 0.717) is 12.3 Å². The molecule has 0 amide bonds. The van der Waals surface area contributed by atoms with Gasteiger partial charge in [-0.1, -0.05) is 34.1 Å². The first kappa shape index (κ1) is 16.3. The summed E-state index contributed by atoms with van der Waals surface area (Å²) in [5, 5.41) is 0. The van der Waals surface area contributed by atoms with Gasteiger partial charge >= 0.3 is 12.4 Å². The van der Waals surface area contributed by atoms with Gasteiger partial charge in [-0.25, -0.2) is 9.59 Å². The molecule has 2 aliphatic rings. The molecule has 2 bridgehead atoms. The fourth-order valence-corrected chi connectivity index (χ4v) is 4.20. The van der Waals surface area contributed by atoms with Gasteiger partial charge in [0.25, 0.3) is 0 Å². The second-order valence-electron chi connectivity index (χ2n) is 7.37. The van der Waals surface area contributed by atoms with Gasteiger partial charge in [-0.2, -0.15) is 0 Å². The summed E-state index contributed by atoms with van der Waals surface area (Å²) in [4.78, 5) is 22.8. The number of hydrogen-bond donors (Lipinski definition) is 0. The maximum Gasteiger partial charge on any atom is 0.418 e. The van der Waals surface area contributed by atoms with E-state index in [-0.39, 0.29) is 16.9 Å². The third kappa shape index (κ3) is 2.69. The van der Waals surface area contributed by atoms with Gasteiger partial charge in [-0.05, 0) is 43.4 Å². The van der Waals surface area contributed by atoms with E-state index in [0.717, 1.165) is 25.7 Å². The van der Waals surface area contributed by atoms with Gasteiger partial charge < -0.3 is 9.47 Å². The minimum Gasteiger partial charge on any atom is -0.459 e. The van der Waals surface area contributed by atoms with Crippen molar-refractivity contribution in [2.75, 3.05) is 0 Å². The van der Waals surface area contributed by atoms with E-state index in [1.807, 2.05) is 6.92 Å². The molecular weight excluding hydrogens is 268 g/mol. The maximum absolute atomic E-state index is 12.3. The first-order chi connectivity index (χ1) is 9.86. The molecule has 4 unspecified atom stereocenters. The van der Waals surface area contributed by atoms with E-state index >= 15 is 0 Å². The Kier molecular flexibility index (Phi) is 4.64. The molecule has 0 N–H and O–H groups in total. The van der Waals surface area contributed by atoms with Crippen LogP contribution in [0.3, 0.4) is 0 Å². The molecule has 4 atom stereocenters. The Balaban J connectivity index is 2.01. The standard InChI is InChI=1S/C17H27O4/c1-5-6-7-13(20-11-18)15(19)21-14-10-12-8-9-17(14,4)16(12,2)3/h12-14H,5-10H2,1-4H3. The van der Waals surface area contributed by atoms with Crippen LogP contribution >= 0.6 is 0 Å². The number of esters is 1. The molecule has 4 nitrogen and oxygen atoms in total. The summed E-state index contributed by atoms with van der Waals surface area (Å²) in [7, 11) is 0. The third-order valence-corrected chi connectivity index (χ3v) is 6.25. The van der Waals surface area contributed by atoms with Crippen molar-refractivity contribution in [3.63, 3.8) is 0 Å². The molecular formula is C17H27O4. The number of ether oxygens (including phenoxy) is 2. The van der Waals surface area contributed by atoms with Gasteiger partial charge in [-0.15, -0.1) is 0 Å². The molecule has 0 saturated heterocycles. The Bertz CT molecular complexity index is 404. The molecule has 2 fully saturated rings. The van der Waals surface area contributed by atoms with Crippen molar-refractivity contribution in [1.29, 1.82) is 0 Å². The zero-order valence-corrected chi connectivity index (χ0v) is 13.6. The van der Waals surface area contributed by atoms with Crippen LogP contribution in [0.1, 0.15) is 66.2 Å². The second kappa shape index (κ2) is 5.98. The van der Waals surface area contributed by atoms with Gasteiger partial charge in [0.15, 0.2) is 6.10 Å². The lowest BCUT2D eigenvalue weighted by molar-refractivity contribution is -0.166. The monoisotopic (exact) mass is 295 g/mol. The fraction of sp³-hybridized carbons (Fsp3) is 0.882. The van der Waals surface area contributed by atoms with Crippen LogP contribution in [0.15, 0.2) is 0 Å². The van der Waals surface area contributed by atoms with Crippen LogP contribution in [-0.4, -0.2) is 24.6 Å². The van der Waals surface area contributed by atoms with Gasteiger partial charge in [0.1, 0.15) is 6.10 Å². The van der Waals surface area contributed by atoms with Crippen LogP contribution < -0.4 is 0 Å². The number of unbranched alkanes of at least 4 members (excludes halogenated alkanes) is 1. The SMILES string of the molecule is CCCCC(O[C]=O)C(=O)OC1CC2CCC1(C)C2(C)C. The Morgan fingerprint density at radius 1 is 1.38 bits per heavy atom. The number of carbonyl (C=O) groups is 1.